The molecule has 8 nitrogen and oxygen atoms in total. The van der Waals surface area contributed by atoms with Gasteiger partial charge in [-0.05, 0) is 32.8 Å². The lowest BCUT2D eigenvalue weighted by Crippen LogP contribution is -2.32. The van der Waals surface area contributed by atoms with Gasteiger partial charge >= 0.3 is 0 Å². The number of aryl methyl sites for hydroxylation is 3. The molecule has 0 amide bonds. The van der Waals surface area contributed by atoms with Gasteiger partial charge in [0.2, 0.25) is 5.92 Å². The Morgan fingerprint density at radius 2 is 1.93 bits per heavy atom. The number of hydrogen-bond donors (Lipinski definition) is 1. The summed E-state index contributed by atoms with van der Waals surface area (Å²) in [6, 6.07) is 5.47. The standard InChI is InChI=1S/C20H25F2N7O/c1-13-8-14(2)29(26-13)19-10-16(30-11-18-23-12-28(3)27-18)9-17(25-19)24-15-4-6-20(21,22)7-5-15/h8-10,12,15H,4-7,11H2,1-3H3,(H,24,25). The van der Waals surface area contributed by atoms with Crippen LogP contribution in [0.5, 0.6) is 5.75 Å². The van der Waals surface area contributed by atoms with Crippen molar-refractivity contribution in [1.29, 1.82) is 0 Å². The Bertz CT molecular complexity index is 1020. The van der Waals surface area contributed by atoms with E-state index >= 15 is 0 Å². The van der Waals surface area contributed by atoms with Crippen LogP contribution in [0.4, 0.5) is 14.6 Å². The van der Waals surface area contributed by atoms with Gasteiger partial charge in [0.15, 0.2) is 11.6 Å². The predicted molar refractivity (Wildman–Crippen MR) is 107 cm³/mol. The van der Waals surface area contributed by atoms with Gasteiger partial charge in [0.05, 0.1) is 5.69 Å². The molecular weight excluding hydrogens is 392 g/mol. The average Bonchev–Trinajstić information content (AvgIpc) is 3.26. The van der Waals surface area contributed by atoms with E-state index in [0.29, 0.717) is 36.1 Å². The van der Waals surface area contributed by atoms with E-state index in [0.717, 1.165) is 11.4 Å². The third-order valence-electron chi connectivity index (χ3n) is 5.10. The van der Waals surface area contributed by atoms with Gasteiger partial charge in [0.25, 0.3) is 0 Å². The number of nitrogens with one attached hydrogen (secondary N) is 1. The van der Waals surface area contributed by atoms with E-state index in [4.69, 9.17) is 4.74 Å². The fourth-order valence-electron chi connectivity index (χ4n) is 3.61. The second-order valence-corrected chi connectivity index (χ2v) is 7.78. The van der Waals surface area contributed by atoms with Crippen LogP contribution in [0.1, 0.15) is 42.9 Å². The van der Waals surface area contributed by atoms with Crippen LogP contribution >= 0.6 is 0 Å². The second kappa shape index (κ2) is 8.00. The molecular formula is C20H25F2N7O. The van der Waals surface area contributed by atoms with Crippen LogP contribution in [0.3, 0.4) is 0 Å². The molecule has 1 N–H and O–H groups in total. The summed E-state index contributed by atoms with van der Waals surface area (Å²) >= 11 is 0. The van der Waals surface area contributed by atoms with Gasteiger partial charge < -0.3 is 10.1 Å². The zero-order valence-electron chi connectivity index (χ0n) is 17.3. The van der Waals surface area contributed by atoms with Gasteiger partial charge in [0, 0.05) is 43.8 Å². The normalized spacial score (nSPS) is 16.6. The molecule has 0 bridgehead atoms. The summed E-state index contributed by atoms with van der Waals surface area (Å²) < 4.78 is 36.2. The molecule has 1 fully saturated rings. The maximum Gasteiger partial charge on any atom is 0.248 e. The summed E-state index contributed by atoms with van der Waals surface area (Å²) in [6.07, 6.45) is 2.17. The molecule has 160 valence electrons. The van der Waals surface area contributed by atoms with Crippen LogP contribution in [0.15, 0.2) is 24.5 Å². The summed E-state index contributed by atoms with van der Waals surface area (Å²) in [4.78, 5) is 8.82. The first-order chi connectivity index (χ1) is 14.3. The molecule has 0 saturated heterocycles. The van der Waals surface area contributed by atoms with Gasteiger partial charge in [-0.1, -0.05) is 0 Å². The van der Waals surface area contributed by atoms with E-state index in [-0.39, 0.29) is 25.5 Å². The highest BCUT2D eigenvalue weighted by Crippen LogP contribution is 2.34. The van der Waals surface area contributed by atoms with Gasteiger partial charge in [-0.3, -0.25) is 4.68 Å². The third-order valence-corrected chi connectivity index (χ3v) is 5.10. The molecule has 10 heteroatoms. The van der Waals surface area contributed by atoms with Crippen LogP contribution in [-0.4, -0.2) is 41.5 Å². The van der Waals surface area contributed by atoms with E-state index in [1.54, 1.807) is 34.9 Å². The van der Waals surface area contributed by atoms with Crippen molar-refractivity contribution in [2.45, 2.75) is 58.1 Å². The second-order valence-electron chi connectivity index (χ2n) is 7.78. The quantitative estimate of drug-likeness (QED) is 0.660. The molecule has 0 radical (unpaired) electrons. The van der Waals surface area contributed by atoms with Crippen LogP contribution in [-0.2, 0) is 13.7 Å². The minimum absolute atomic E-state index is 0.0573. The maximum atomic E-state index is 13.5. The van der Waals surface area contributed by atoms with Crippen molar-refractivity contribution < 1.29 is 13.5 Å². The third kappa shape index (κ3) is 4.74. The van der Waals surface area contributed by atoms with Gasteiger partial charge in [-0.2, -0.15) is 10.2 Å². The minimum Gasteiger partial charge on any atom is -0.485 e. The summed E-state index contributed by atoms with van der Waals surface area (Å²) in [7, 11) is 1.79. The Labute approximate surface area is 173 Å². The molecule has 3 aromatic heterocycles. The summed E-state index contributed by atoms with van der Waals surface area (Å²) in [6.45, 7) is 4.07. The molecule has 30 heavy (non-hydrogen) atoms. The first-order valence-electron chi connectivity index (χ1n) is 9.95. The van der Waals surface area contributed by atoms with E-state index in [2.05, 4.69) is 25.5 Å². The number of alkyl halides is 2. The van der Waals surface area contributed by atoms with E-state index in [1.165, 1.54) is 0 Å². The van der Waals surface area contributed by atoms with Crippen molar-refractivity contribution in [3.05, 3.63) is 41.7 Å². The largest absolute Gasteiger partial charge is 0.485 e. The SMILES string of the molecule is Cc1cc(C)n(-c2cc(OCc3ncn(C)n3)cc(NC3CCC(F)(F)CC3)n2)n1. The van der Waals surface area contributed by atoms with Gasteiger partial charge in [-0.15, -0.1) is 0 Å². The number of hydrogen-bond acceptors (Lipinski definition) is 6. The number of anilines is 1. The van der Waals surface area contributed by atoms with Crippen molar-refractivity contribution in [3.8, 4) is 11.6 Å². The highest BCUT2D eigenvalue weighted by Gasteiger charge is 2.35. The number of ether oxygens (including phenoxy) is 1. The molecule has 1 aliphatic carbocycles. The molecule has 3 heterocycles. The minimum atomic E-state index is -2.57. The van der Waals surface area contributed by atoms with Crippen LogP contribution in [0, 0.1) is 13.8 Å². The Morgan fingerprint density at radius 1 is 1.17 bits per heavy atom. The molecule has 3 aromatic rings. The van der Waals surface area contributed by atoms with Crippen LogP contribution in [0.25, 0.3) is 5.82 Å². The Morgan fingerprint density at radius 3 is 2.57 bits per heavy atom. The lowest BCUT2D eigenvalue weighted by atomic mass is 9.92. The first kappa shape index (κ1) is 20.2. The number of rotatable bonds is 6. The smallest absolute Gasteiger partial charge is 0.248 e. The number of halogens is 2. The topological polar surface area (TPSA) is 82.7 Å². The Hall–Kier alpha value is -3.04. The molecule has 0 unspecified atom stereocenters. The zero-order chi connectivity index (χ0) is 21.3. The molecule has 4 rings (SSSR count). The molecule has 1 aliphatic rings. The average molecular weight is 417 g/mol. The fourth-order valence-corrected chi connectivity index (χ4v) is 3.61. The fraction of sp³-hybridized carbons (Fsp3) is 0.500. The van der Waals surface area contributed by atoms with Gasteiger partial charge in [0.1, 0.15) is 24.5 Å². The zero-order valence-corrected chi connectivity index (χ0v) is 17.3. The predicted octanol–water partition coefficient (Wildman–Crippen LogP) is 3.58. The molecule has 0 aromatic carbocycles. The van der Waals surface area contributed by atoms with E-state index in [9.17, 15) is 8.78 Å². The summed E-state index contributed by atoms with van der Waals surface area (Å²) in [5.41, 5.74) is 1.81. The monoisotopic (exact) mass is 417 g/mol. The number of aromatic nitrogens is 6. The van der Waals surface area contributed by atoms with Crippen molar-refractivity contribution in [1.82, 2.24) is 29.5 Å². The molecule has 0 spiro atoms. The number of pyridine rings is 1. The van der Waals surface area contributed by atoms with Gasteiger partial charge in [-0.25, -0.2) is 23.4 Å². The number of nitrogens with zero attached hydrogens (tertiary/aromatic N) is 6. The molecule has 0 aliphatic heterocycles. The van der Waals surface area contributed by atoms with Crippen molar-refractivity contribution in [2.75, 3.05) is 5.32 Å². The Balaban J connectivity index is 1.58. The van der Waals surface area contributed by atoms with E-state index < -0.39 is 5.92 Å². The lowest BCUT2D eigenvalue weighted by molar-refractivity contribution is -0.0361. The van der Waals surface area contributed by atoms with Crippen LogP contribution < -0.4 is 10.1 Å². The summed E-state index contributed by atoms with van der Waals surface area (Å²) in [5.74, 6) is -0.272. The van der Waals surface area contributed by atoms with Crippen molar-refractivity contribution in [2.24, 2.45) is 7.05 Å². The van der Waals surface area contributed by atoms with Crippen LogP contribution in [0.2, 0.25) is 0 Å². The van der Waals surface area contributed by atoms with Crippen molar-refractivity contribution >= 4 is 5.82 Å². The first-order valence-corrected chi connectivity index (χ1v) is 9.95. The lowest BCUT2D eigenvalue weighted by Gasteiger charge is -2.29. The highest BCUT2D eigenvalue weighted by atomic mass is 19.3. The molecule has 0 atom stereocenters. The van der Waals surface area contributed by atoms with Crippen molar-refractivity contribution in [3.63, 3.8) is 0 Å². The Kier molecular flexibility index (Phi) is 5.40. The summed E-state index contributed by atoms with van der Waals surface area (Å²) in [5, 5.41) is 12.0. The maximum absolute atomic E-state index is 13.5. The van der Waals surface area contributed by atoms with E-state index in [1.807, 2.05) is 19.9 Å². The molecule has 1 saturated carbocycles. The highest BCUT2D eigenvalue weighted by molar-refractivity contribution is 5.48.